The molecule has 0 radical (unpaired) electrons. The molecule has 1 saturated heterocycles. The number of hydrogen-bond acceptors (Lipinski definition) is 3. The number of carbonyl (C=O) groups is 1. The van der Waals surface area contributed by atoms with Gasteiger partial charge in [0.2, 0.25) is 0 Å². The molecule has 0 spiro atoms. The van der Waals surface area contributed by atoms with E-state index in [4.69, 9.17) is 4.74 Å². The Labute approximate surface area is 78.8 Å². The van der Waals surface area contributed by atoms with Crippen LogP contribution in [0.15, 0.2) is 0 Å². The molecule has 0 aromatic rings. The Bertz CT molecular complexity index is 244. The van der Waals surface area contributed by atoms with Crippen molar-refractivity contribution in [2.75, 3.05) is 13.1 Å². The molecule has 2 fully saturated rings. The Kier molecular flexibility index (Phi) is 1.71. The predicted octanol–water partition coefficient (Wildman–Crippen LogP) is 0.938. The Hall–Kier alpha value is -0.570. The SMILES string of the molecule is CC(C)(C)OC(=O)C12CNCC1C2. The van der Waals surface area contributed by atoms with Gasteiger partial charge in [-0.1, -0.05) is 0 Å². The molecule has 2 unspecified atom stereocenters. The van der Waals surface area contributed by atoms with Gasteiger partial charge in [-0.2, -0.15) is 0 Å². The molecular weight excluding hydrogens is 166 g/mol. The van der Waals surface area contributed by atoms with Gasteiger partial charge >= 0.3 is 5.97 Å². The minimum atomic E-state index is -0.346. The molecule has 3 heteroatoms. The van der Waals surface area contributed by atoms with Crippen molar-refractivity contribution in [3.05, 3.63) is 0 Å². The lowest BCUT2D eigenvalue weighted by Crippen LogP contribution is -2.32. The first-order valence-electron chi connectivity index (χ1n) is 4.88. The molecule has 1 heterocycles. The highest BCUT2D eigenvalue weighted by Gasteiger charge is 2.64. The van der Waals surface area contributed by atoms with Crippen molar-refractivity contribution in [2.45, 2.75) is 32.8 Å². The lowest BCUT2D eigenvalue weighted by atomic mass is 10.1. The van der Waals surface area contributed by atoms with E-state index in [2.05, 4.69) is 5.32 Å². The van der Waals surface area contributed by atoms with Crippen LogP contribution < -0.4 is 5.32 Å². The summed E-state index contributed by atoms with van der Waals surface area (Å²) in [6, 6.07) is 0. The van der Waals surface area contributed by atoms with Crippen molar-refractivity contribution in [3.8, 4) is 0 Å². The van der Waals surface area contributed by atoms with Gasteiger partial charge in [0.15, 0.2) is 0 Å². The van der Waals surface area contributed by atoms with Crippen LogP contribution in [0.4, 0.5) is 0 Å². The van der Waals surface area contributed by atoms with Gasteiger partial charge in [-0.05, 0) is 39.7 Å². The van der Waals surface area contributed by atoms with Crippen molar-refractivity contribution in [2.24, 2.45) is 11.3 Å². The van der Waals surface area contributed by atoms with E-state index >= 15 is 0 Å². The van der Waals surface area contributed by atoms with Crippen LogP contribution in [0, 0.1) is 11.3 Å². The summed E-state index contributed by atoms with van der Waals surface area (Å²) in [5.41, 5.74) is -0.491. The lowest BCUT2D eigenvalue weighted by molar-refractivity contribution is -0.161. The number of esters is 1. The summed E-state index contributed by atoms with van der Waals surface area (Å²) < 4.78 is 5.39. The maximum Gasteiger partial charge on any atom is 0.314 e. The molecule has 2 aliphatic rings. The molecule has 0 aromatic carbocycles. The summed E-state index contributed by atoms with van der Waals surface area (Å²) in [4.78, 5) is 11.8. The average molecular weight is 183 g/mol. The normalized spacial score (nSPS) is 37.0. The van der Waals surface area contributed by atoms with Gasteiger partial charge in [-0.3, -0.25) is 4.79 Å². The number of ether oxygens (including phenoxy) is 1. The zero-order valence-electron chi connectivity index (χ0n) is 8.52. The summed E-state index contributed by atoms with van der Waals surface area (Å²) in [5, 5.41) is 3.23. The van der Waals surface area contributed by atoms with E-state index in [-0.39, 0.29) is 17.0 Å². The molecule has 1 N–H and O–H groups in total. The smallest absolute Gasteiger partial charge is 0.314 e. The van der Waals surface area contributed by atoms with Gasteiger partial charge in [0.25, 0.3) is 0 Å². The Morgan fingerprint density at radius 1 is 1.54 bits per heavy atom. The topological polar surface area (TPSA) is 38.3 Å². The van der Waals surface area contributed by atoms with Gasteiger partial charge in [0.1, 0.15) is 5.60 Å². The minimum absolute atomic E-state index is 0.00463. The first-order chi connectivity index (χ1) is 5.94. The van der Waals surface area contributed by atoms with Gasteiger partial charge in [-0.25, -0.2) is 0 Å². The van der Waals surface area contributed by atoms with E-state index in [9.17, 15) is 4.79 Å². The highest BCUT2D eigenvalue weighted by Crippen LogP contribution is 2.56. The molecule has 0 bridgehead atoms. The Morgan fingerprint density at radius 2 is 2.23 bits per heavy atom. The maximum atomic E-state index is 11.8. The summed E-state index contributed by atoms with van der Waals surface area (Å²) in [5.74, 6) is 0.539. The molecule has 2 rings (SSSR count). The highest BCUT2D eigenvalue weighted by molar-refractivity contribution is 5.82. The van der Waals surface area contributed by atoms with E-state index < -0.39 is 0 Å². The summed E-state index contributed by atoms with van der Waals surface area (Å²) in [6.45, 7) is 7.55. The number of piperidine rings is 1. The molecule has 2 atom stereocenters. The predicted molar refractivity (Wildman–Crippen MR) is 49.3 cm³/mol. The second-order valence-electron chi connectivity index (χ2n) is 5.19. The van der Waals surface area contributed by atoms with Crippen molar-refractivity contribution < 1.29 is 9.53 Å². The molecule has 0 aromatic heterocycles. The fourth-order valence-corrected chi connectivity index (χ4v) is 2.04. The standard InChI is InChI=1S/C10H17NO2/c1-9(2,3)13-8(12)10-4-7(10)5-11-6-10/h7,11H,4-6H2,1-3H3. The summed E-state index contributed by atoms with van der Waals surface area (Å²) >= 11 is 0. The monoisotopic (exact) mass is 183 g/mol. The largest absolute Gasteiger partial charge is 0.459 e. The number of rotatable bonds is 1. The Morgan fingerprint density at radius 3 is 2.62 bits per heavy atom. The molecule has 13 heavy (non-hydrogen) atoms. The number of fused-ring (bicyclic) bond motifs is 1. The zero-order valence-corrected chi connectivity index (χ0v) is 8.52. The third-order valence-corrected chi connectivity index (χ3v) is 2.87. The lowest BCUT2D eigenvalue weighted by Gasteiger charge is -2.22. The van der Waals surface area contributed by atoms with Crippen molar-refractivity contribution in [3.63, 3.8) is 0 Å². The van der Waals surface area contributed by atoms with Crippen molar-refractivity contribution >= 4 is 5.97 Å². The number of carbonyl (C=O) groups excluding carboxylic acids is 1. The van der Waals surface area contributed by atoms with Crippen LogP contribution in [-0.2, 0) is 9.53 Å². The molecule has 0 amide bonds. The van der Waals surface area contributed by atoms with E-state index in [1.54, 1.807) is 0 Å². The minimum Gasteiger partial charge on any atom is -0.459 e. The fourth-order valence-electron chi connectivity index (χ4n) is 2.04. The second-order valence-corrected chi connectivity index (χ2v) is 5.19. The average Bonchev–Trinajstić information content (AvgIpc) is 2.52. The molecule has 1 saturated carbocycles. The maximum absolute atomic E-state index is 11.8. The van der Waals surface area contributed by atoms with Gasteiger partial charge in [0.05, 0.1) is 5.41 Å². The quantitative estimate of drug-likeness (QED) is 0.615. The third kappa shape index (κ3) is 1.46. The van der Waals surface area contributed by atoms with Crippen LogP contribution >= 0.6 is 0 Å². The van der Waals surface area contributed by atoms with Crippen LogP contribution in [0.25, 0.3) is 0 Å². The van der Waals surface area contributed by atoms with Gasteiger partial charge in [-0.15, -0.1) is 0 Å². The fraction of sp³-hybridized carbons (Fsp3) is 0.900. The first kappa shape index (κ1) is 9.00. The molecule has 74 valence electrons. The van der Waals surface area contributed by atoms with Crippen LogP contribution in [0.1, 0.15) is 27.2 Å². The van der Waals surface area contributed by atoms with Gasteiger partial charge < -0.3 is 10.1 Å². The molecule has 3 nitrogen and oxygen atoms in total. The summed E-state index contributed by atoms with van der Waals surface area (Å²) in [6.07, 6.45) is 1.02. The zero-order chi connectivity index (χ0) is 9.69. The molecular formula is C10H17NO2. The molecule has 1 aliphatic carbocycles. The van der Waals surface area contributed by atoms with E-state index in [0.29, 0.717) is 5.92 Å². The van der Waals surface area contributed by atoms with Gasteiger partial charge in [0, 0.05) is 6.54 Å². The van der Waals surface area contributed by atoms with E-state index in [0.717, 1.165) is 19.5 Å². The number of hydrogen-bond donors (Lipinski definition) is 1. The van der Waals surface area contributed by atoms with Crippen molar-refractivity contribution in [1.82, 2.24) is 5.32 Å². The highest BCUT2D eigenvalue weighted by atomic mass is 16.6. The van der Waals surface area contributed by atoms with Crippen molar-refractivity contribution in [1.29, 1.82) is 0 Å². The Balaban J connectivity index is 1.99. The van der Waals surface area contributed by atoms with E-state index in [1.807, 2.05) is 20.8 Å². The van der Waals surface area contributed by atoms with Crippen LogP contribution in [0.2, 0.25) is 0 Å². The van der Waals surface area contributed by atoms with Crippen LogP contribution in [0.3, 0.4) is 0 Å². The number of nitrogens with one attached hydrogen (secondary N) is 1. The second kappa shape index (κ2) is 2.47. The van der Waals surface area contributed by atoms with Crippen LogP contribution in [-0.4, -0.2) is 24.7 Å². The first-order valence-corrected chi connectivity index (χ1v) is 4.88. The molecule has 1 aliphatic heterocycles. The van der Waals surface area contributed by atoms with E-state index in [1.165, 1.54) is 0 Å². The third-order valence-electron chi connectivity index (χ3n) is 2.87. The summed E-state index contributed by atoms with van der Waals surface area (Å²) in [7, 11) is 0. The van der Waals surface area contributed by atoms with Crippen LogP contribution in [0.5, 0.6) is 0 Å².